The molecule has 2 rings (SSSR count). The minimum Gasteiger partial charge on any atom is -0.404 e. The van der Waals surface area contributed by atoms with E-state index in [-0.39, 0.29) is 11.1 Å². The van der Waals surface area contributed by atoms with E-state index in [1.165, 1.54) is 61.7 Å². The van der Waals surface area contributed by atoms with Crippen LogP contribution in [0.25, 0.3) is 0 Å². The molecule has 0 amide bonds. The van der Waals surface area contributed by atoms with E-state index >= 15 is 0 Å². The summed E-state index contributed by atoms with van der Waals surface area (Å²) in [7, 11) is -2.53. The predicted molar refractivity (Wildman–Crippen MR) is 164 cm³/mol. The highest BCUT2D eigenvalue weighted by molar-refractivity contribution is 6.99. The minimum atomic E-state index is -2.53. The molecule has 0 saturated heterocycles. The van der Waals surface area contributed by atoms with Crippen LogP contribution in [0.3, 0.4) is 0 Å². The van der Waals surface area contributed by atoms with Gasteiger partial charge in [0.15, 0.2) is 0 Å². The molecule has 1 atom stereocenters. The van der Waals surface area contributed by atoms with Crippen LogP contribution in [0, 0.1) is 0 Å². The summed E-state index contributed by atoms with van der Waals surface area (Å²) in [6.07, 6.45) is 20.6. The van der Waals surface area contributed by atoms with Crippen molar-refractivity contribution in [3.63, 3.8) is 0 Å². The van der Waals surface area contributed by atoms with E-state index in [0.29, 0.717) is 6.61 Å². The fraction of sp³-hybridized carbons (Fsp3) is 0.588. The SMILES string of the molecule is CCCCCCC(CC=CCCCCCCCCO)O[Si](c1ccccc1)(c1ccccc1)C(C)(C)C. The first kappa shape index (κ1) is 31.5. The van der Waals surface area contributed by atoms with Gasteiger partial charge in [-0.1, -0.05) is 152 Å². The monoisotopic (exact) mass is 522 g/mol. The second kappa shape index (κ2) is 17.8. The van der Waals surface area contributed by atoms with E-state index in [0.717, 1.165) is 32.1 Å². The molecule has 0 aliphatic carbocycles. The van der Waals surface area contributed by atoms with Gasteiger partial charge in [0.2, 0.25) is 0 Å². The maximum Gasteiger partial charge on any atom is 0.261 e. The number of benzene rings is 2. The van der Waals surface area contributed by atoms with E-state index in [2.05, 4.69) is 101 Å². The van der Waals surface area contributed by atoms with Gasteiger partial charge in [-0.05, 0) is 47.5 Å². The van der Waals surface area contributed by atoms with Gasteiger partial charge in [-0.2, -0.15) is 0 Å². The Kier molecular flexibility index (Phi) is 15.1. The third-order valence-corrected chi connectivity index (χ3v) is 12.6. The minimum absolute atomic E-state index is 0.0110. The van der Waals surface area contributed by atoms with E-state index in [1.807, 2.05) is 0 Å². The standard InChI is InChI=1S/C34H54O2Si/c1-5-6-7-17-24-31(25-18-13-11-9-8-10-12-14-23-30-35)36-37(34(2,3)4,32-26-19-15-20-27-32)33-28-21-16-22-29-33/h13,15-16,18-22,26-29,31,35H,5-12,14,17,23-25,30H2,1-4H3. The summed E-state index contributed by atoms with van der Waals surface area (Å²) in [5, 5.41) is 11.7. The number of hydrogen-bond donors (Lipinski definition) is 1. The highest BCUT2D eigenvalue weighted by Crippen LogP contribution is 2.38. The van der Waals surface area contributed by atoms with Gasteiger partial charge in [0, 0.05) is 12.7 Å². The summed E-state index contributed by atoms with van der Waals surface area (Å²) in [6.45, 7) is 9.75. The normalized spacial score (nSPS) is 13.3. The van der Waals surface area contributed by atoms with Gasteiger partial charge in [-0.15, -0.1) is 0 Å². The van der Waals surface area contributed by atoms with Crippen LogP contribution < -0.4 is 10.4 Å². The molecule has 0 aromatic heterocycles. The van der Waals surface area contributed by atoms with Crippen LogP contribution in [-0.4, -0.2) is 26.1 Å². The second-order valence-corrected chi connectivity index (χ2v) is 15.8. The largest absolute Gasteiger partial charge is 0.404 e. The molecule has 2 nitrogen and oxygen atoms in total. The van der Waals surface area contributed by atoms with E-state index in [1.54, 1.807) is 0 Å². The molecule has 0 aliphatic heterocycles. The van der Waals surface area contributed by atoms with Crippen LogP contribution >= 0.6 is 0 Å². The van der Waals surface area contributed by atoms with Gasteiger partial charge >= 0.3 is 0 Å². The van der Waals surface area contributed by atoms with Crippen molar-refractivity contribution in [3.05, 3.63) is 72.8 Å². The molecule has 0 fully saturated rings. The first-order valence-electron chi connectivity index (χ1n) is 15.0. The predicted octanol–water partition coefficient (Wildman–Crippen LogP) is 8.57. The molecule has 0 heterocycles. The van der Waals surface area contributed by atoms with Gasteiger partial charge in [0.1, 0.15) is 0 Å². The van der Waals surface area contributed by atoms with Crippen LogP contribution in [0.5, 0.6) is 0 Å². The van der Waals surface area contributed by atoms with Crippen molar-refractivity contribution >= 4 is 18.7 Å². The second-order valence-electron chi connectivity index (χ2n) is 11.6. The summed E-state index contributed by atoms with van der Waals surface area (Å²) in [5.74, 6) is 0. The third kappa shape index (κ3) is 10.5. The Morgan fingerprint density at radius 1 is 0.730 bits per heavy atom. The smallest absolute Gasteiger partial charge is 0.261 e. The lowest BCUT2D eigenvalue weighted by Gasteiger charge is -2.45. The molecule has 2 aromatic carbocycles. The van der Waals surface area contributed by atoms with Crippen LogP contribution in [0.2, 0.25) is 5.04 Å². The number of unbranched alkanes of at least 4 members (excludes halogenated alkanes) is 9. The van der Waals surface area contributed by atoms with Crippen molar-refractivity contribution in [3.8, 4) is 0 Å². The van der Waals surface area contributed by atoms with Crippen LogP contribution in [0.1, 0.15) is 111 Å². The number of aliphatic hydroxyl groups excluding tert-OH is 1. The fourth-order valence-electron chi connectivity index (χ4n) is 5.41. The summed E-state index contributed by atoms with van der Waals surface area (Å²) < 4.78 is 7.50. The van der Waals surface area contributed by atoms with Gasteiger partial charge in [0.25, 0.3) is 8.32 Å². The average Bonchev–Trinajstić information content (AvgIpc) is 2.90. The van der Waals surface area contributed by atoms with Crippen molar-refractivity contribution in [2.75, 3.05) is 6.61 Å². The van der Waals surface area contributed by atoms with Crippen LogP contribution in [0.4, 0.5) is 0 Å². The third-order valence-electron chi connectivity index (χ3n) is 7.48. The maximum atomic E-state index is 8.92. The molecule has 0 saturated carbocycles. The van der Waals surface area contributed by atoms with Gasteiger partial charge in [-0.3, -0.25) is 0 Å². The highest BCUT2D eigenvalue weighted by Gasteiger charge is 2.51. The summed E-state index contributed by atoms with van der Waals surface area (Å²) in [5.41, 5.74) is 0. The lowest BCUT2D eigenvalue weighted by atomic mass is 10.1. The zero-order valence-corrected chi connectivity index (χ0v) is 25.3. The zero-order valence-electron chi connectivity index (χ0n) is 24.3. The number of rotatable bonds is 19. The van der Waals surface area contributed by atoms with E-state index < -0.39 is 8.32 Å². The van der Waals surface area contributed by atoms with E-state index in [9.17, 15) is 0 Å². The molecule has 1 N–H and O–H groups in total. The lowest BCUT2D eigenvalue weighted by molar-refractivity contribution is 0.176. The molecule has 0 radical (unpaired) electrons. The molecule has 2 aromatic rings. The molecule has 1 unspecified atom stereocenters. The summed E-state index contributed by atoms with van der Waals surface area (Å²) >= 11 is 0. The zero-order chi connectivity index (χ0) is 26.8. The molecule has 0 spiro atoms. The quantitative estimate of drug-likeness (QED) is 0.114. The number of aliphatic hydroxyl groups is 1. The van der Waals surface area contributed by atoms with Gasteiger partial charge in [0.05, 0.1) is 0 Å². The summed E-state index contributed by atoms with van der Waals surface area (Å²) in [6, 6.07) is 22.1. The lowest BCUT2D eigenvalue weighted by Crippen LogP contribution is -2.67. The molecule has 0 aliphatic rings. The van der Waals surface area contributed by atoms with Crippen molar-refractivity contribution in [2.24, 2.45) is 0 Å². The molecule has 3 heteroatoms. The van der Waals surface area contributed by atoms with Crippen LogP contribution in [0.15, 0.2) is 72.8 Å². The molecule has 206 valence electrons. The topological polar surface area (TPSA) is 29.5 Å². The van der Waals surface area contributed by atoms with Crippen LogP contribution in [-0.2, 0) is 4.43 Å². The fourth-order valence-corrected chi connectivity index (χ4v) is 10.1. The Morgan fingerprint density at radius 2 is 1.27 bits per heavy atom. The molecule has 37 heavy (non-hydrogen) atoms. The van der Waals surface area contributed by atoms with Crippen molar-refractivity contribution < 1.29 is 9.53 Å². The van der Waals surface area contributed by atoms with Crippen molar-refractivity contribution in [1.29, 1.82) is 0 Å². The van der Waals surface area contributed by atoms with E-state index in [4.69, 9.17) is 9.53 Å². The Balaban J connectivity index is 2.18. The first-order valence-corrected chi connectivity index (χ1v) is 16.9. The van der Waals surface area contributed by atoms with Crippen molar-refractivity contribution in [2.45, 2.75) is 122 Å². The highest BCUT2D eigenvalue weighted by atomic mass is 28.4. The van der Waals surface area contributed by atoms with Gasteiger partial charge < -0.3 is 9.53 Å². The Bertz CT molecular complexity index is 802. The molecular weight excluding hydrogens is 468 g/mol. The van der Waals surface area contributed by atoms with Gasteiger partial charge in [-0.25, -0.2) is 0 Å². The number of allylic oxidation sites excluding steroid dienone is 1. The maximum absolute atomic E-state index is 8.92. The molecule has 0 bridgehead atoms. The number of hydrogen-bond acceptors (Lipinski definition) is 2. The Labute approximate surface area is 229 Å². The molecular formula is C34H54O2Si. The summed E-state index contributed by atoms with van der Waals surface area (Å²) in [4.78, 5) is 0. The Morgan fingerprint density at radius 3 is 1.81 bits per heavy atom. The first-order chi connectivity index (χ1) is 18.0. The van der Waals surface area contributed by atoms with Crippen molar-refractivity contribution in [1.82, 2.24) is 0 Å². The average molecular weight is 523 g/mol. The Hall–Kier alpha value is -1.68.